The Balaban J connectivity index is 3.23. The third-order valence-corrected chi connectivity index (χ3v) is 5.06. The van der Waals surface area contributed by atoms with E-state index in [0.717, 1.165) is 32.1 Å². The summed E-state index contributed by atoms with van der Waals surface area (Å²) in [5.41, 5.74) is 0. The van der Waals surface area contributed by atoms with Crippen molar-refractivity contribution < 1.29 is 14.6 Å². The molecular weight excluding hydrogens is 336 g/mol. The van der Waals surface area contributed by atoms with Crippen LogP contribution in [0.3, 0.4) is 0 Å². The van der Waals surface area contributed by atoms with E-state index < -0.39 is 0 Å². The minimum Gasteiger partial charge on any atom is -0.466 e. The van der Waals surface area contributed by atoms with E-state index in [0.29, 0.717) is 13.0 Å². The van der Waals surface area contributed by atoms with Crippen molar-refractivity contribution in [2.75, 3.05) is 6.61 Å². The molecule has 0 aromatic heterocycles. The molecule has 0 rings (SSSR count). The molecule has 0 bridgehead atoms. The van der Waals surface area contributed by atoms with Gasteiger partial charge < -0.3 is 9.84 Å². The van der Waals surface area contributed by atoms with Gasteiger partial charge in [0.25, 0.3) is 0 Å². The van der Waals surface area contributed by atoms with Gasteiger partial charge in [-0.3, -0.25) is 4.79 Å². The summed E-state index contributed by atoms with van der Waals surface area (Å²) in [6.45, 7) is 4.67. The van der Waals surface area contributed by atoms with Gasteiger partial charge in [-0.25, -0.2) is 0 Å². The zero-order chi connectivity index (χ0) is 20.0. The second kappa shape index (κ2) is 21.5. The van der Waals surface area contributed by atoms with E-state index in [9.17, 15) is 9.90 Å². The molecule has 0 aliphatic carbocycles. The Kier molecular flexibility index (Phi) is 20.8. The van der Waals surface area contributed by atoms with Crippen molar-refractivity contribution >= 4 is 5.97 Å². The molecule has 1 atom stereocenters. The van der Waals surface area contributed by atoms with E-state index in [-0.39, 0.29) is 12.1 Å². The fourth-order valence-corrected chi connectivity index (χ4v) is 3.12. The van der Waals surface area contributed by atoms with Crippen LogP contribution in [0.5, 0.6) is 0 Å². The van der Waals surface area contributed by atoms with E-state index in [1.165, 1.54) is 70.6 Å². The molecule has 0 aromatic carbocycles. The first-order chi connectivity index (χ1) is 13.2. The fraction of sp³-hybridized carbons (Fsp3) is 0.875. The third-order valence-electron chi connectivity index (χ3n) is 5.06. The Morgan fingerprint density at radius 1 is 0.815 bits per heavy atom. The number of unbranched alkanes of at least 4 members (excludes halogenated alkanes) is 11. The lowest BCUT2D eigenvalue weighted by Crippen LogP contribution is -2.09. The first-order valence-electron chi connectivity index (χ1n) is 11.7. The summed E-state index contributed by atoms with van der Waals surface area (Å²) >= 11 is 0. The van der Waals surface area contributed by atoms with Gasteiger partial charge in [0.1, 0.15) is 0 Å². The molecule has 27 heavy (non-hydrogen) atoms. The summed E-state index contributed by atoms with van der Waals surface area (Å²) in [6, 6.07) is 0. The molecule has 0 aromatic rings. The predicted octanol–water partition coefficient (Wildman–Crippen LogP) is 7.12. The van der Waals surface area contributed by atoms with Crippen LogP contribution in [0.25, 0.3) is 0 Å². The molecule has 160 valence electrons. The van der Waals surface area contributed by atoms with Crippen LogP contribution >= 0.6 is 0 Å². The van der Waals surface area contributed by atoms with E-state index >= 15 is 0 Å². The van der Waals surface area contributed by atoms with E-state index in [1.807, 2.05) is 6.92 Å². The maximum Gasteiger partial charge on any atom is 0.305 e. The van der Waals surface area contributed by atoms with Crippen molar-refractivity contribution in [3.63, 3.8) is 0 Å². The fourth-order valence-electron chi connectivity index (χ4n) is 3.12. The van der Waals surface area contributed by atoms with Crippen LogP contribution in [0.4, 0.5) is 0 Å². The van der Waals surface area contributed by atoms with Gasteiger partial charge in [0, 0.05) is 6.42 Å². The van der Waals surface area contributed by atoms with Crippen molar-refractivity contribution in [2.45, 2.75) is 129 Å². The zero-order valence-electron chi connectivity index (χ0n) is 18.2. The summed E-state index contributed by atoms with van der Waals surface area (Å²) < 4.78 is 5.20. The van der Waals surface area contributed by atoms with Crippen molar-refractivity contribution in [3.05, 3.63) is 12.2 Å². The topological polar surface area (TPSA) is 46.5 Å². The average Bonchev–Trinajstić information content (AvgIpc) is 2.68. The lowest BCUT2D eigenvalue weighted by Gasteiger charge is -2.08. The second-order valence-electron chi connectivity index (χ2n) is 7.76. The van der Waals surface area contributed by atoms with Gasteiger partial charge in [-0.05, 0) is 51.4 Å². The smallest absolute Gasteiger partial charge is 0.305 e. The number of allylic oxidation sites excluding steroid dienone is 2. The van der Waals surface area contributed by atoms with Crippen molar-refractivity contribution in [1.82, 2.24) is 0 Å². The molecule has 0 radical (unpaired) electrons. The average molecular weight is 383 g/mol. The van der Waals surface area contributed by atoms with Crippen LogP contribution in [-0.2, 0) is 9.53 Å². The van der Waals surface area contributed by atoms with Crippen molar-refractivity contribution in [2.24, 2.45) is 0 Å². The molecule has 0 fully saturated rings. The number of ether oxygens (including phenoxy) is 1. The largest absolute Gasteiger partial charge is 0.466 e. The third kappa shape index (κ3) is 21.3. The molecule has 0 saturated carbocycles. The maximum atomic E-state index is 11.6. The highest BCUT2D eigenvalue weighted by Gasteiger charge is 2.04. The van der Waals surface area contributed by atoms with Gasteiger partial charge in [0.15, 0.2) is 0 Å². The molecule has 0 heterocycles. The number of hydrogen-bond donors (Lipinski definition) is 1. The summed E-state index contributed by atoms with van der Waals surface area (Å²) in [5, 5.41) is 9.43. The summed E-state index contributed by atoms with van der Waals surface area (Å²) in [7, 11) is 0. The number of esters is 1. The quantitative estimate of drug-likeness (QED) is 0.138. The molecule has 0 aliphatic rings. The van der Waals surface area contributed by atoms with Crippen LogP contribution < -0.4 is 0 Å². The Bertz CT molecular complexity index is 339. The molecule has 3 heteroatoms. The van der Waals surface area contributed by atoms with Gasteiger partial charge in [-0.1, -0.05) is 77.4 Å². The maximum absolute atomic E-state index is 11.6. The highest BCUT2D eigenvalue weighted by atomic mass is 16.5. The normalized spacial score (nSPS) is 12.6. The lowest BCUT2D eigenvalue weighted by atomic mass is 10.1. The standard InChI is InChI=1S/C24H46O3/c1-3-5-6-7-8-9-10-11-12-13-14-15-16-17-18-21-24(26)27-22-19-20-23(25)4-2/h11-12,23,25H,3-10,13-22H2,1-2H3/b12-11-. The Morgan fingerprint density at radius 2 is 1.37 bits per heavy atom. The van der Waals surface area contributed by atoms with Crippen molar-refractivity contribution in [3.8, 4) is 0 Å². The second-order valence-corrected chi connectivity index (χ2v) is 7.76. The van der Waals surface area contributed by atoms with Crippen LogP contribution in [0.2, 0.25) is 0 Å². The first kappa shape index (κ1) is 26.2. The van der Waals surface area contributed by atoms with E-state index in [2.05, 4.69) is 19.1 Å². The van der Waals surface area contributed by atoms with Gasteiger partial charge in [-0.2, -0.15) is 0 Å². The Labute approximate surface area is 169 Å². The molecule has 1 unspecified atom stereocenters. The summed E-state index contributed by atoms with van der Waals surface area (Å²) in [6.07, 6.45) is 23.7. The van der Waals surface area contributed by atoms with Crippen LogP contribution in [0, 0.1) is 0 Å². The zero-order valence-corrected chi connectivity index (χ0v) is 18.2. The monoisotopic (exact) mass is 382 g/mol. The summed E-state index contributed by atoms with van der Waals surface area (Å²) in [4.78, 5) is 11.6. The highest BCUT2D eigenvalue weighted by Crippen LogP contribution is 2.10. The van der Waals surface area contributed by atoms with Crippen LogP contribution in [-0.4, -0.2) is 23.8 Å². The van der Waals surface area contributed by atoms with Gasteiger partial charge in [0.05, 0.1) is 12.7 Å². The number of carbonyl (C=O) groups is 1. The van der Waals surface area contributed by atoms with Gasteiger partial charge >= 0.3 is 5.97 Å². The Hall–Kier alpha value is -0.830. The summed E-state index contributed by atoms with van der Waals surface area (Å²) in [5.74, 6) is -0.0846. The molecule has 0 amide bonds. The molecule has 3 nitrogen and oxygen atoms in total. The van der Waals surface area contributed by atoms with E-state index in [1.54, 1.807) is 0 Å². The van der Waals surface area contributed by atoms with E-state index in [4.69, 9.17) is 4.74 Å². The number of carbonyl (C=O) groups excluding carboxylic acids is 1. The SMILES string of the molecule is CCCCCCCC/C=C\CCCCCCCC(=O)OCCCC(O)CC. The number of hydrogen-bond acceptors (Lipinski definition) is 3. The minimum atomic E-state index is -0.255. The first-order valence-corrected chi connectivity index (χ1v) is 11.7. The van der Waals surface area contributed by atoms with Gasteiger partial charge in [0.2, 0.25) is 0 Å². The number of aliphatic hydroxyl groups is 1. The Morgan fingerprint density at radius 3 is 1.96 bits per heavy atom. The van der Waals surface area contributed by atoms with Crippen LogP contribution in [0.1, 0.15) is 123 Å². The predicted molar refractivity (Wildman–Crippen MR) is 116 cm³/mol. The molecule has 0 spiro atoms. The molecule has 0 aliphatic heterocycles. The van der Waals surface area contributed by atoms with Gasteiger partial charge in [-0.15, -0.1) is 0 Å². The lowest BCUT2D eigenvalue weighted by molar-refractivity contribution is -0.144. The minimum absolute atomic E-state index is 0.0846. The number of rotatable bonds is 20. The molecule has 1 N–H and O–H groups in total. The highest BCUT2D eigenvalue weighted by molar-refractivity contribution is 5.69. The molecular formula is C24H46O3. The van der Waals surface area contributed by atoms with Crippen molar-refractivity contribution in [1.29, 1.82) is 0 Å². The van der Waals surface area contributed by atoms with Crippen LogP contribution in [0.15, 0.2) is 12.2 Å². The molecule has 0 saturated heterocycles. The number of aliphatic hydroxyl groups excluding tert-OH is 1.